The number of hydrogen-bond acceptors (Lipinski definition) is 4. The van der Waals surface area contributed by atoms with Crippen LogP contribution in [0.15, 0.2) is 16.9 Å². The molecule has 0 aliphatic carbocycles. The van der Waals surface area contributed by atoms with Gasteiger partial charge in [0.05, 0.1) is 5.69 Å². The molecule has 1 aromatic rings. The van der Waals surface area contributed by atoms with Crippen LogP contribution in [0.2, 0.25) is 0 Å². The maximum atomic E-state index is 4.76. The van der Waals surface area contributed by atoms with Crippen LogP contribution in [-0.2, 0) is 6.54 Å². The molecule has 2 heterocycles. The van der Waals surface area contributed by atoms with Crippen molar-refractivity contribution in [1.29, 1.82) is 0 Å². The van der Waals surface area contributed by atoms with Crippen molar-refractivity contribution in [3.63, 3.8) is 0 Å². The van der Waals surface area contributed by atoms with Gasteiger partial charge in [0.2, 0.25) is 0 Å². The predicted molar refractivity (Wildman–Crippen MR) is 72.0 cm³/mol. The largest absolute Gasteiger partial charge is 0.364 e. The molecule has 1 aliphatic heterocycles. The zero-order chi connectivity index (χ0) is 12.9. The number of nitrogens with one attached hydrogen (secondary N) is 1. The summed E-state index contributed by atoms with van der Waals surface area (Å²) in [6.07, 6.45) is 2.87. The van der Waals surface area contributed by atoms with Crippen LogP contribution < -0.4 is 5.32 Å². The first-order valence-electron chi connectivity index (χ1n) is 6.69. The molecule has 0 aromatic carbocycles. The van der Waals surface area contributed by atoms with E-state index in [0.717, 1.165) is 38.4 Å². The summed E-state index contributed by atoms with van der Waals surface area (Å²) in [5, 5.41) is 7.18. The van der Waals surface area contributed by atoms with E-state index in [1.165, 1.54) is 6.42 Å². The van der Waals surface area contributed by atoms with Crippen molar-refractivity contribution in [3.05, 3.63) is 18.0 Å². The molecule has 0 radical (unpaired) electrons. The van der Waals surface area contributed by atoms with Crippen LogP contribution in [0, 0.1) is 0 Å². The Morgan fingerprint density at radius 3 is 2.35 bits per heavy atom. The molecule has 1 aliphatic rings. The molecule has 0 spiro atoms. The molecule has 1 fully saturated rings. The minimum absolute atomic E-state index is 0.915. The Morgan fingerprint density at radius 1 is 1.29 bits per heavy atom. The van der Waals surface area contributed by atoms with E-state index in [9.17, 15) is 0 Å². The van der Waals surface area contributed by atoms with Crippen LogP contribution in [0.4, 0.5) is 0 Å². The third-order valence-electron chi connectivity index (χ3n) is 2.09. The summed E-state index contributed by atoms with van der Waals surface area (Å²) in [5.74, 6) is 0. The Labute approximate surface area is 105 Å². The molecule has 4 heteroatoms. The summed E-state index contributed by atoms with van der Waals surface area (Å²) in [5.41, 5.74) is 1.02. The van der Waals surface area contributed by atoms with Crippen LogP contribution in [0.1, 0.15) is 39.8 Å². The highest BCUT2D eigenvalue weighted by Gasteiger charge is 2.10. The third-order valence-corrected chi connectivity index (χ3v) is 2.09. The van der Waals surface area contributed by atoms with Gasteiger partial charge < -0.3 is 9.84 Å². The second kappa shape index (κ2) is 11.6. The molecule has 1 N–H and O–H groups in total. The fourth-order valence-corrected chi connectivity index (χ4v) is 1.42. The summed E-state index contributed by atoms with van der Waals surface area (Å²) in [7, 11) is 0. The van der Waals surface area contributed by atoms with Crippen molar-refractivity contribution in [2.24, 2.45) is 0 Å². The van der Waals surface area contributed by atoms with Gasteiger partial charge in [-0.3, -0.25) is 4.90 Å². The molecular weight excluding hydrogens is 214 g/mol. The Kier molecular flexibility index (Phi) is 11.0. The Morgan fingerprint density at radius 2 is 1.88 bits per heavy atom. The number of piperazine rings is 1. The second-order valence-corrected chi connectivity index (χ2v) is 3.72. The fourth-order valence-electron chi connectivity index (χ4n) is 1.42. The highest BCUT2D eigenvalue weighted by molar-refractivity contribution is 4.95. The quantitative estimate of drug-likeness (QED) is 0.864. The number of nitrogens with zero attached hydrogens (tertiary/aromatic N) is 2. The molecular formula is C13H27N3O. The summed E-state index contributed by atoms with van der Waals surface area (Å²) in [6.45, 7) is 13.5. The van der Waals surface area contributed by atoms with Crippen molar-refractivity contribution in [3.8, 4) is 0 Å². The normalized spacial score (nSPS) is 15.3. The van der Waals surface area contributed by atoms with Crippen LogP contribution in [-0.4, -0.2) is 36.2 Å². The van der Waals surface area contributed by atoms with E-state index in [2.05, 4.69) is 29.2 Å². The Bertz CT molecular complexity index is 231. The highest BCUT2D eigenvalue weighted by atomic mass is 16.5. The minimum atomic E-state index is 0.915. The molecule has 1 saturated heterocycles. The van der Waals surface area contributed by atoms with Gasteiger partial charge in [-0.1, -0.05) is 39.3 Å². The summed E-state index contributed by atoms with van der Waals surface area (Å²) < 4.78 is 4.76. The Balaban J connectivity index is 0.000000450. The first-order chi connectivity index (χ1) is 8.36. The zero-order valence-corrected chi connectivity index (χ0v) is 11.7. The summed E-state index contributed by atoms with van der Waals surface area (Å²) >= 11 is 0. The van der Waals surface area contributed by atoms with Crippen molar-refractivity contribution in [1.82, 2.24) is 15.4 Å². The number of rotatable bonds is 2. The average Bonchev–Trinajstić information content (AvgIpc) is 2.87. The predicted octanol–water partition coefficient (Wildman–Crippen LogP) is 2.52. The van der Waals surface area contributed by atoms with E-state index >= 15 is 0 Å². The van der Waals surface area contributed by atoms with E-state index in [1.54, 1.807) is 6.26 Å². The topological polar surface area (TPSA) is 41.3 Å². The lowest BCUT2D eigenvalue weighted by Gasteiger charge is -2.25. The second-order valence-electron chi connectivity index (χ2n) is 3.72. The van der Waals surface area contributed by atoms with Gasteiger partial charge in [0, 0.05) is 38.8 Å². The lowest BCUT2D eigenvalue weighted by molar-refractivity contribution is 0.226. The van der Waals surface area contributed by atoms with Gasteiger partial charge in [-0.2, -0.15) is 0 Å². The maximum Gasteiger partial charge on any atom is 0.124 e. The molecule has 0 amide bonds. The zero-order valence-electron chi connectivity index (χ0n) is 11.7. The van der Waals surface area contributed by atoms with Gasteiger partial charge in [0.15, 0.2) is 0 Å². The lowest BCUT2D eigenvalue weighted by Crippen LogP contribution is -2.42. The molecule has 0 atom stereocenters. The van der Waals surface area contributed by atoms with Crippen molar-refractivity contribution in [2.45, 2.75) is 40.7 Å². The first-order valence-corrected chi connectivity index (χ1v) is 6.69. The monoisotopic (exact) mass is 241 g/mol. The molecule has 0 bridgehead atoms. The number of hydrogen-bond donors (Lipinski definition) is 1. The van der Waals surface area contributed by atoms with Crippen molar-refractivity contribution >= 4 is 0 Å². The Hall–Kier alpha value is -0.870. The highest BCUT2D eigenvalue weighted by Crippen LogP contribution is 2.01. The van der Waals surface area contributed by atoms with Gasteiger partial charge in [-0.15, -0.1) is 0 Å². The third kappa shape index (κ3) is 7.94. The minimum Gasteiger partial charge on any atom is -0.364 e. The standard InChI is InChI=1S/C8H13N3O.C3H8.C2H6/c1-6-12-10-8(1)7-11-4-2-9-3-5-11;1-3-2;1-2/h1,6,9H,2-5,7H2;3H2,1-2H3;1-2H3. The van der Waals surface area contributed by atoms with Crippen LogP contribution in [0.5, 0.6) is 0 Å². The molecule has 4 nitrogen and oxygen atoms in total. The summed E-state index contributed by atoms with van der Waals surface area (Å²) in [6, 6.07) is 1.92. The fraction of sp³-hybridized carbons (Fsp3) is 0.769. The summed E-state index contributed by atoms with van der Waals surface area (Å²) in [4.78, 5) is 2.37. The molecule has 1 aromatic heterocycles. The van der Waals surface area contributed by atoms with E-state index < -0.39 is 0 Å². The first kappa shape index (κ1) is 16.1. The smallest absolute Gasteiger partial charge is 0.124 e. The van der Waals surface area contributed by atoms with Gasteiger partial charge >= 0.3 is 0 Å². The molecule has 0 saturated carbocycles. The van der Waals surface area contributed by atoms with Gasteiger partial charge in [0.25, 0.3) is 0 Å². The molecule has 0 unspecified atom stereocenters. The van der Waals surface area contributed by atoms with Gasteiger partial charge in [-0.05, 0) is 0 Å². The lowest BCUT2D eigenvalue weighted by atomic mass is 10.3. The molecule has 2 rings (SSSR count). The van der Waals surface area contributed by atoms with Crippen LogP contribution in [0.3, 0.4) is 0 Å². The van der Waals surface area contributed by atoms with Gasteiger partial charge in [-0.25, -0.2) is 0 Å². The number of aromatic nitrogens is 1. The molecule has 100 valence electrons. The average molecular weight is 241 g/mol. The van der Waals surface area contributed by atoms with Gasteiger partial charge in [0.1, 0.15) is 6.26 Å². The SMILES string of the molecule is CC.CCC.c1cc(CN2CCNCC2)no1. The molecule has 17 heavy (non-hydrogen) atoms. The van der Waals surface area contributed by atoms with Crippen LogP contribution in [0.25, 0.3) is 0 Å². The van der Waals surface area contributed by atoms with E-state index in [1.807, 2.05) is 19.9 Å². The van der Waals surface area contributed by atoms with E-state index in [4.69, 9.17) is 4.52 Å². The van der Waals surface area contributed by atoms with Crippen LogP contribution >= 0.6 is 0 Å². The van der Waals surface area contributed by atoms with E-state index in [-0.39, 0.29) is 0 Å². The van der Waals surface area contributed by atoms with Crippen molar-refractivity contribution in [2.75, 3.05) is 26.2 Å². The van der Waals surface area contributed by atoms with E-state index in [0.29, 0.717) is 0 Å². The van der Waals surface area contributed by atoms with Crippen molar-refractivity contribution < 1.29 is 4.52 Å². The maximum absolute atomic E-state index is 4.76.